The summed E-state index contributed by atoms with van der Waals surface area (Å²) in [6, 6.07) is -1.02. The second kappa shape index (κ2) is 5.72. The highest BCUT2D eigenvalue weighted by molar-refractivity contribution is 7.91. The summed E-state index contributed by atoms with van der Waals surface area (Å²) in [6.45, 7) is 3.17. The van der Waals surface area contributed by atoms with Crippen molar-refractivity contribution in [1.82, 2.24) is 15.1 Å². The standard InChI is InChI=1S/C14H23N3O4S/c1-2-15-14(19)17-7-6-16(13(18)10-4-3-5-10)11-8-22(20,21)9-12(11)17/h10-12H,2-9H2,1H3,(H,15,19). The normalized spacial score (nSPS) is 30.6. The maximum atomic E-state index is 12.5. The predicted molar refractivity (Wildman–Crippen MR) is 81.1 cm³/mol. The second-order valence-electron chi connectivity index (χ2n) is 6.40. The summed E-state index contributed by atoms with van der Waals surface area (Å²) in [5.74, 6) is 0.0730. The quantitative estimate of drug-likeness (QED) is 0.762. The molecular weight excluding hydrogens is 306 g/mol. The van der Waals surface area contributed by atoms with Crippen LogP contribution in [0.15, 0.2) is 0 Å². The van der Waals surface area contributed by atoms with Gasteiger partial charge in [0.15, 0.2) is 9.84 Å². The van der Waals surface area contributed by atoms with Crippen LogP contribution in [-0.2, 0) is 14.6 Å². The number of rotatable bonds is 2. The third kappa shape index (κ3) is 2.68. The molecule has 0 aromatic carbocycles. The Morgan fingerprint density at radius 1 is 1.09 bits per heavy atom. The van der Waals surface area contributed by atoms with Crippen molar-refractivity contribution in [2.24, 2.45) is 5.92 Å². The third-order valence-electron chi connectivity index (χ3n) is 5.00. The SMILES string of the molecule is CCNC(=O)N1CCN(C(=O)C2CCC2)C2CS(=O)(=O)CC21. The molecule has 1 N–H and O–H groups in total. The molecule has 3 fully saturated rings. The number of nitrogens with one attached hydrogen (secondary N) is 1. The van der Waals surface area contributed by atoms with Crippen molar-refractivity contribution < 1.29 is 18.0 Å². The van der Waals surface area contributed by atoms with E-state index in [-0.39, 0.29) is 35.4 Å². The number of nitrogens with zero attached hydrogens (tertiary/aromatic N) is 2. The van der Waals surface area contributed by atoms with Gasteiger partial charge in [-0.3, -0.25) is 4.79 Å². The number of carbonyl (C=O) groups excluding carboxylic acids is 2. The van der Waals surface area contributed by atoms with E-state index in [0.29, 0.717) is 19.6 Å². The highest BCUT2D eigenvalue weighted by Gasteiger charge is 2.50. The first-order valence-corrected chi connectivity index (χ1v) is 9.80. The van der Waals surface area contributed by atoms with Crippen LogP contribution in [0.5, 0.6) is 0 Å². The van der Waals surface area contributed by atoms with E-state index in [1.165, 1.54) is 0 Å². The molecule has 8 heteroatoms. The number of hydrogen-bond donors (Lipinski definition) is 1. The third-order valence-corrected chi connectivity index (χ3v) is 6.70. The smallest absolute Gasteiger partial charge is 0.317 e. The second-order valence-corrected chi connectivity index (χ2v) is 8.55. The number of sulfone groups is 1. The van der Waals surface area contributed by atoms with Gasteiger partial charge < -0.3 is 15.1 Å². The predicted octanol–water partition coefficient (Wildman–Crippen LogP) is -0.174. The van der Waals surface area contributed by atoms with Crippen molar-refractivity contribution in [1.29, 1.82) is 0 Å². The van der Waals surface area contributed by atoms with Gasteiger partial charge in [0.2, 0.25) is 5.91 Å². The highest BCUT2D eigenvalue weighted by atomic mass is 32.2. The lowest BCUT2D eigenvalue weighted by atomic mass is 9.83. The Labute approximate surface area is 130 Å². The van der Waals surface area contributed by atoms with Crippen LogP contribution in [0.2, 0.25) is 0 Å². The van der Waals surface area contributed by atoms with Gasteiger partial charge in [0.05, 0.1) is 23.6 Å². The van der Waals surface area contributed by atoms with Crippen LogP contribution < -0.4 is 5.32 Å². The molecule has 2 atom stereocenters. The van der Waals surface area contributed by atoms with Gasteiger partial charge in [-0.05, 0) is 19.8 Å². The molecule has 7 nitrogen and oxygen atoms in total. The van der Waals surface area contributed by atoms with Gasteiger partial charge in [-0.1, -0.05) is 6.42 Å². The van der Waals surface area contributed by atoms with Crippen molar-refractivity contribution in [2.45, 2.75) is 38.3 Å². The largest absolute Gasteiger partial charge is 0.338 e. The monoisotopic (exact) mass is 329 g/mol. The van der Waals surface area contributed by atoms with Crippen LogP contribution in [-0.4, -0.2) is 73.4 Å². The van der Waals surface area contributed by atoms with Gasteiger partial charge in [-0.2, -0.15) is 0 Å². The van der Waals surface area contributed by atoms with Crippen molar-refractivity contribution in [3.05, 3.63) is 0 Å². The number of hydrogen-bond acceptors (Lipinski definition) is 4. The minimum Gasteiger partial charge on any atom is -0.338 e. The topological polar surface area (TPSA) is 86.8 Å². The molecule has 3 rings (SSSR count). The van der Waals surface area contributed by atoms with E-state index in [9.17, 15) is 18.0 Å². The molecule has 1 aliphatic carbocycles. The lowest BCUT2D eigenvalue weighted by Gasteiger charge is -2.45. The molecule has 0 aromatic heterocycles. The lowest BCUT2D eigenvalue weighted by molar-refractivity contribution is -0.143. The summed E-state index contributed by atoms with van der Waals surface area (Å²) >= 11 is 0. The van der Waals surface area contributed by atoms with Crippen LogP contribution >= 0.6 is 0 Å². The van der Waals surface area contributed by atoms with E-state index >= 15 is 0 Å². The Balaban J connectivity index is 1.81. The summed E-state index contributed by atoms with van der Waals surface area (Å²) < 4.78 is 24.1. The lowest BCUT2D eigenvalue weighted by Crippen LogP contribution is -2.64. The minimum absolute atomic E-state index is 0.0218. The Hall–Kier alpha value is -1.31. The van der Waals surface area contributed by atoms with Crippen molar-refractivity contribution in [3.63, 3.8) is 0 Å². The number of urea groups is 1. The first-order valence-electron chi connectivity index (χ1n) is 7.98. The summed E-state index contributed by atoms with van der Waals surface area (Å²) in [4.78, 5) is 28.0. The van der Waals surface area contributed by atoms with Gasteiger partial charge in [0, 0.05) is 25.6 Å². The Morgan fingerprint density at radius 3 is 2.23 bits per heavy atom. The average molecular weight is 329 g/mol. The Kier molecular flexibility index (Phi) is 4.05. The first-order chi connectivity index (χ1) is 10.4. The molecule has 3 aliphatic rings. The Morgan fingerprint density at radius 2 is 1.68 bits per heavy atom. The molecule has 0 spiro atoms. The molecule has 0 radical (unpaired) electrons. The fourth-order valence-electron chi connectivity index (χ4n) is 3.62. The molecule has 0 aromatic rings. The van der Waals surface area contributed by atoms with Crippen molar-refractivity contribution in [3.8, 4) is 0 Å². The summed E-state index contributed by atoms with van der Waals surface area (Å²) in [5, 5.41) is 2.73. The number of carbonyl (C=O) groups is 2. The number of piperazine rings is 1. The zero-order valence-electron chi connectivity index (χ0n) is 12.8. The van der Waals surface area contributed by atoms with E-state index in [1.54, 1.807) is 9.80 Å². The van der Waals surface area contributed by atoms with Crippen molar-refractivity contribution >= 4 is 21.8 Å². The van der Waals surface area contributed by atoms with Gasteiger partial charge in [-0.15, -0.1) is 0 Å². The van der Waals surface area contributed by atoms with Crippen LogP contribution in [0, 0.1) is 5.92 Å². The summed E-state index contributed by atoms with van der Waals surface area (Å²) in [7, 11) is -3.21. The van der Waals surface area contributed by atoms with E-state index in [1.807, 2.05) is 6.92 Å². The van der Waals surface area contributed by atoms with Crippen LogP contribution in [0.25, 0.3) is 0 Å². The number of fused-ring (bicyclic) bond motifs is 1. The van der Waals surface area contributed by atoms with E-state index in [4.69, 9.17) is 0 Å². The minimum atomic E-state index is -3.21. The molecule has 2 aliphatic heterocycles. The maximum Gasteiger partial charge on any atom is 0.317 e. The molecular formula is C14H23N3O4S. The highest BCUT2D eigenvalue weighted by Crippen LogP contribution is 2.33. The molecule has 1 saturated carbocycles. The first kappa shape index (κ1) is 15.6. The zero-order chi connectivity index (χ0) is 15.9. The van der Waals surface area contributed by atoms with E-state index in [0.717, 1.165) is 19.3 Å². The van der Waals surface area contributed by atoms with Crippen LogP contribution in [0.4, 0.5) is 4.79 Å². The fourth-order valence-corrected chi connectivity index (χ4v) is 5.60. The van der Waals surface area contributed by atoms with Gasteiger partial charge in [-0.25, -0.2) is 13.2 Å². The number of amides is 3. The molecule has 2 heterocycles. The maximum absolute atomic E-state index is 12.5. The van der Waals surface area contributed by atoms with E-state index in [2.05, 4.69) is 5.32 Å². The van der Waals surface area contributed by atoms with Gasteiger partial charge in [0.1, 0.15) is 0 Å². The van der Waals surface area contributed by atoms with Crippen molar-refractivity contribution in [2.75, 3.05) is 31.1 Å². The van der Waals surface area contributed by atoms with Crippen LogP contribution in [0.3, 0.4) is 0 Å². The van der Waals surface area contributed by atoms with Gasteiger partial charge >= 0.3 is 6.03 Å². The average Bonchev–Trinajstić information content (AvgIpc) is 2.70. The van der Waals surface area contributed by atoms with Crippen LogP contribution in [0.1, 0.15) is 26.2 Å². The molecule has 3 amide bonds. The molecule has 22 heavy (non-hydrogen) atoms. The van der Waals surface area contributed by atoms with Gasteiger partial charge in [0.25, 0.3) is 0 Å². The molecule has 2 saturated heterocycles. The summed E-state index contributed by atoms with van der Waals surface area (Å²) in [5.41, 5.74) is 0. The summed E-state index contributed by atoms with van der Waals surface area (Å²) in [6.07, 6.45) is 2.88. The zero-order valence-corrected chi connectivity index (χ0v) is 13.6. The molecule has 0 bridgehead atoms. The fraction of sp³-hybridized carbons (Fsp3) is 0.857. The van der Waals surface area contributed by atoms with E-state index < -0.39 is 15.9 Å². The Bertz CT molecular complexity index is 573. The molecule has 124 valence electrons. The molecule has 2 unspecified atom stereocenters.